The van der Waals surface area contributed by atoms with Crippen LogP contribution < -0.4 is 16.0 Å². The van der Waals surface area contributed by atoms with Crippen molar-refractivity contribution < 1.29 is 22.8 Å². The first-order chi connectivity index (χ1) is 16.1. The second-order valence-corrected chi connectivity index (χ2v) is 7.12. The van der Waals surface area contributed by atoms with Crippen LogP contribution in [0.25, 0.3) is 0 Å². The monoisotopic (exact) mass is 470 g/mol. The number of nitrogens with two attached hydrogens (primary N) is 1. The van der Waals surface area contributed by atoms with Gasteiger partial charge in [0.25, 0.3) is 11.8 Å². The first-order valence-electron chi connectivity index (χ1n) is 9.50. The fourth-order valence-corrected chi connectivity index (χ4v) is 3.42. The van der Waals surface area contributed by atoms with E-state index in [0.717, 1.165) is 27.9 Å². The zero-order valence-electron chi connectivity index (χ0n) is 16.9. The molecule has 0 aliphatic carbocycles. The predicted octanol–water partition coefficient (Wildman–Crippen LogP) is 2.93. The van der Waals surface area contributed by atoms with E-state index in [2.05, 4.69) is 20.6 Å². The number of aromatic nitrogens is 3. The molecule has 0 spiro atoms. The summed E-state index contributed by atoms with van der Waals surface area (Å²) in [5.74, 6) is -1.23. The lowest BCUT2D eigenvalue weighted by Crippen LogP contribution is -2.43. The molecule has 3 aromatic rings. The number of pyridine rings is 1. The number of fused-ring (bicyclic) bond motifs is 1. The van der Waals surface area contributed by atoms with Gasteiger partial charge in [-0.05, 0) is 35.5 Å². The van der Waals surface area contributed by atoms with Crippen molar-refractivity contribution in [3.05, 3.63) is 70.0 Å². The first kappa shape index (κ1) is 22.4. The molecule has 0 saturated heterocycles. The van der Waals surface area contributed by atoms with Crippen LogP contribution in [0.3, 0.4) is 0 Å². The van der Waals surface area contributed by atoms with Gasteiger partial charge in [0.05, 0.1) is 41.2 Å². The van der Waals surface area contributed by atoms with Crippen LogP contribution in [-0.2, 0) is 6.18 Å². The number of nitrogens with one attached hydrogen (secondary N) is 1. The number of nitroso groups, excluding NO2 is 1. The third-order valence-corrected chi connectivity index (χ3v) is 5.03. The molecule has 11 nitrogen and oxygen atoms in total. The molecule has 0 radical (unpaired) electrons. The van der Waals surface area contributed by atoms with Crippen LogP contribution in [0.1, 0.15) is 38.1 Å². The average Bonchev–Trinajstić information content (AvgIpc) is 3.23. The van der Waals surface area contributed by atoms with Gasteiger partial charge in [0.15, 0.2) is 5.69 Å². The molecule has 2 amide bonds. The summed E-state index contributed by atoms with van der Waals surface area (Å²) < 4.78 is 40.4. The smallest absolute Gasteiger partial charge is 0.384 e. The summed E-state index contributed by atoms with van der Waals surface area (Å²) in [6.45, 7) is -0.345. The van der Waals surface area contributed by atoms with Crippen LogP contribution in [-0.4, -0.2) is 33.1 Å². The van der Waals surface area contributed by atoms with Crippen LogP contribution in [0.4, 0.5) is 30.4 Å². The normalized spacial score (nSPS) is 15.4. The maximum atomic E-state index is 13.2. The molecule has 0 fully saturated rings. The molecule has 172 valence electrons. The Morgan fingerprint density at radius 1 is 1.26 bits per heavy atom. The lowest BCUT2D eigenvalue weighted by molar-refractivity contribution is -0.137. The van der Waals surface area contributed by atoms with Gasteiger partial charge in [0.1, 0.15) is 5.82 Å². The van der Waals surface area contributed by atoms with E-state index in [1.54, 1.807) is 0 Å². The van der Waals surface area contributed by atoms with Crippen LogP contribution in [0.5, 0.6) is 0 Å². The molecule has 0 saturated carbocycles. The minimum atomic E-state index is -4.77. The minimum absolute atomic E-state index is 0.0578. The number of amides is 2. The lowest BCUT2D eigenvalue weighted by atomic mass is 10.1. The Balaban J connectivity index is 1.71. The van der Waals surface area contributed by atoms with Crippen molar-refractivity contribution in [2.75, 3.05) is 22.5 Å². The van der Waals surface area contributed by atoms with Gasteiger partial charge in [-0.2, -0.15) is 23.5 Å². The van der Waals surface area contributed by atoms with Gasteiger partial charge in [-0.1, -0.05) is 0 Å². The highest BCUT2D eigenvalue weighted by atomic mass is 19.4. The van der Waals surface area contributed by atoms with E-state index < -0.39 is 35.3 Å². The molecule has 1 aliphatic heterocycles. The van der Waals surface area contributed by atoms with E-state index in [4.69, 9.17) is 11.0 Å². The molecular weight excluding hydrogens is 457 g/mol. The summed E-state index contributed by atoms with van der Waals surface area (Å²) in [6, 6.07) is 6.85. The van der Waals surface area contributed by atoms with Crippen molar-refractivity contribution in [3.63, 3.8) is 0 Å². The highest BCUT2D eigenvalue weighted by Gasteiger charge is 2.38. The standard InChI is InChI=1S/C20H13F3N8O3/c21-20(22,23)13-3-2-12(5-11(13)6-24)30-9-16(29-34)31-17(19(30)33)14(8-27-31)28-18(32)10-1-4-15(25)26-7-10/h1-5,7-8,16H,9H2,(H2,25,26)(H,28,32)/t16-/m1/s1. The maximum absolute atomic E-state index is 13.2. The largest absolute Gasteiger partial charge is 0.417 e. The summed E-state index contributed by atoms with van der Waals surface area (Å²) in [7, 11) is 0. The van der Waals surface area contributed by atoms with Crippen LogP contribution >= 0.6 is 0 Å². The highest BCUT2D eigenvalue weighted by molar-refractivity contribution is 6.13. The summed E-state index contributed by atoms with van der Waals surface area (Å²) in [5.41, 5.74) is 3.43. The number of halogens is 3. The Kier molecular flexibility index (Phi) is 5.45. The van der Waals surface area contributed by atoms with Gasteiger partial charge in [-0.3, -0.25) is 9.59 Å². The zero-order chi connectivity index (χ0) is 24.6. The molecule has 34 heavy (non-hydrogen) atoms. The van der Waals surface area contributed by atoms with Gasteiger partial charge in [0.2, 0.25) is 6.17 Å². The number of alkyl halides is 3. The minimum Gasteiger partial charge on any atom is -0.384 e. The number of hydrogen-bond acceptors (Lipinski definition) is 8. The molecule has 2 aromatic heterocycles. The number of nitrogen functional groups attached to an aromatic ring is 1. The molecule has 1 aromatic carbocycles. The summed E-state index contributed by atoms with van der Waals surface area (Å²) in [4.78, 5) is 42.0. The highest BCUT2D eigenvalue weighted by Crippen LogP contribution is 2.36. The molecule has 14 heteroatoms. The van der Waals surface area contributed by atoms with E-state index in [-0.39, 0.29) is 35.0 Å². The number of anilines is 3. The number of carbonyl (C=O) groups is 2. The number of nitrogens with zero attached hydrogens (tertiary/aromatic N) is 6. The average molecular weight is 470 g/mol. The third kappa shape index (κ3) is 3.90. The number of rotatable bonds is 4. The van der Waals surface area contributed by atoms with Crippen LogP contribution in [0.15, 0.2) is 47.9 Å². The van der Waals surface area contributed by atoms with Crippen molar-refractivity contribution in [2.24, 2.45) is 5.18 Å². The van der Waals surface area contributed by atoms with Crippen molar-refractivity contribution in [3.8, 4) is 6.07 Å². The van der Waals surface area contributed by atoms with E-state index >= 15 is 0 Å². The lowest BCUT2D eigenvalue weighted by Gasteiger charge is -2.31. The van der Waals surface area contributed by atoms with E-state index in [0.29, 0.717) is 6.07 Å². The molecule has 4 rings (SSSR count). The fraction of sp³-hybridized carbons (Fsp3) is 0.150. The first-order valence-corrected chi connectivity index (χ1v) is 9.50. The number of benzene rings is 1. The molecule has 0 bridgehead atoms. The number of hydrogen-bond donors (Lipinski definition) is 2. The summed E-state index contributed by atoms with van der Waals surface area (Å²) in [5, 5.41) is 18.5. The topological polar surface area (TPSA) is 159 Å². The van der Waals surface area contributed by atoms with Crippen molar-refractivity contribution in [1.29, 1.82) is 5.26 Å². The van der Waals surface area contributed by atoms with Gasteiger partial charge >= 0.3 is 6.18 Å². The molecule has 3 heterocycles. The second kappa shape index (κ2) is 8.28. The van der Waals surface area contributed by atoms with Crippen LogP contribution in [0, 0.1) is 16.2 Å². The Morgan fingerprint density at radius 3 is 2.65 bits per heavy atom. The SMILES string of the molecule is N#Cc1cc(N2C[C@H](N=O)n3ncc(NC(=O)c4ccc(N)nc4)c3C2=O)ccc1C(F)(F)F. The Bertz CT molecular complexity index is 1340. The van der Waals surface area contributed by atoms with Crippen molar-refractivity contribution in [2.45, 2.75) is 12.3 Å². The third-order valence-electron chi connectivity index (χ3n) is 5.03. The summed E-state index contributed by atoms with van der Waals surface area (Å²) >= 11 is 0. The fourth-order valence-electron chi connectivity index (χ4n) is 3.42. The van der Waals surface area contributed by atoms with Crippen molar-refractivity contribution >= 4 is 29.0 Å². The molecule has 3 N–H and O–H groups in total. The second-order valence-electron chi connectivity index (χ2n) is 7.12. The molecular formula is C20H13F3N8O3. The maximum Gasteiger partial charge on any atom is 0.417 e. The number of nitriles is 1. The van der Waals surface area contributed by atoms with E-state index in [1.165, 1.54) is 24.4 Å². The Morgan fingerprint density at radius 2 is 2.03 bits per heavy atom. The van der Waals surface area contributed by atoms with E-state index in [9.17, 15) is 27.7 Å². The van der Waals surface area contributed by atoms with E-state index in [1.807, 2.05) is 0 Å². The predicted molar refractivity (Wildman–Crippen MR) is 111 cm³/mol. The quantitative estimate of drug-likeness (QED) is 0.555. The zero-order valence-corrected chi connectivity index (χ0v) is 16.9. The Hall–Kier alpha value is -4.80. The molecule has 1 atom stereocenters. The number of carbonyl (C=O) groups excluding carboxylic acids is 2. The van der Waals surface area contributed by atoms with Gasteiger partial charge in [-0.25, -0.2) is 9.67 Å². The van der Waals surface area contributed by atoms with Crippen LogP contribution in [0.2, 0.25) is 0 Å². The Labute approximate surface area is 188 Å². The molecule has 0 unspecified atom stereocenters. The van der Waals surface area contributed by atoms with Crippen molar-refractivity contribution in [1.82, 2.24) is 14.8 Å². The summed E-state index contributed by atoms with van der Waals surface area (Å²) in [6.07, 6.45) is -3.64. The van der Waals surface area contributed by atoms with Gasteiger partial charge < -0.3 is 16.0 Å². The molecule has 1 aliphatic rings. The van der Waals surface area contributed by atoms with Gasteiger partial charge in [-0.15, -0.1) is 4.91 Å². The van der Waals surface area contributed by atoms with Gasteiger partial charge in [0, 0.05) is 11.9 Å².